The number of hydrogen-bond donors (Lipinski definition) is 2. The van der Waals surface area contributed by atoms with Crippen LogP contribution in [0.5, 0.6) is 0 Å². The Hall–Kier alpha value is -2.48. The number of methoxy groups -OCH3 is 1. The third kappa shape index (κ3) is 5.02. The molecule has 0 fully saturated rings. The number of nitrogens with one attached hydrogen (secondary N) is 2. The lowest BCUT2D eigenvalue weighted by Crippen LogP contribution is -2.44. The summed E-state index contributed by atoms with van der Waals surface area (Å²) in [5.74, 6) is -0.0821. The maximum atomic E-state index is 12.4. The summed E-state index contributed by atoms with van der Waals surface area (Å²) in [6, 6.07) is 3.04. The van der Waals surface area contributed by atoms with E-state index in [-0.39, 0.29) is 11.8 Å². The topological polar surface area (TPSA) is 93.2 Å². The number of amides is 2. The zero-order valence-electron chi connectivity index (χ0n) is 13.8. The van der Waals surface area contributed by atoms with Crippen LogP contribution in [-0.2, 0) is 9.53 Å². The number of rotatable bonds is 6. The van der Waals surface area contributed by atoms with Crippen molar-refractivity contribution < 1.29 is 14.3 Å². The van der Waals surface area contributed by atoms with Gasteiger partial charge in [0.2, 0.25) is 5.91 Å². The molecular formula is C16H20N4O3S. The van der Waals surface area contributed by atoms with Crippen LogP contribution in [0.25, 0.3) is 11.3 Å². The third-order valence-electron chi connectivity index (χ3n) is 3.19. The molecule has 2 rings (SSSR count). The molecule has 0 saturated heterocycles. The van der Waals surface area contributed by atoms with Gasteiger partial charge in [-0.1, -0.05) is 13.8 Å². The first-order valence-corrected chi connectivity index (χ1v) is 8.38. The summed E-state index contributed by atoms with van der Waals surface area (Å²) < 4.78 is 4.57. The minimum Gasteiger partial charge on any atom is -0.453 e. The minimum absolute atomic E-state index is 0.236. The lowest BCUT2D eigenvalue weighted by molar-refractivity contribution is -0.118. The van der Waals surface area contributed by atoms with Crippen molar-refractivity contribution in [3.05, 3.63) is 29.9 Å². The smallest absolute Gasteiger partial charge is 0.407 e. The lowest BCUT2D eigenvalue weighted by Gasteiger charge is -2.18. The first kappa shape index (κ1) is 17.9. The molecule has 1 atom stereocenters. The zero-order chi connectivity index (χ0) is 17.5. The van der Waals surface area contributed by atoms with E-state index in [2.05, 4.69) is 25.3 Å². The molecule has 0 aromatic carbocycles. The molecule has 0 aliphatic carbocycles. The molecule has 128 valence electrons. The second kappa shape index (κ2) is 8.39. The average molecular weight is 348 g/mol. The van der Waals surface area contributed by atoms with Crippen molar-refractivity contribution in [1.29, 1.82) is 0 Å². The number of carbonyl (C=O) groups is 2. The number of thiazole rings is 1. The van der Waals surface area contributed by atoms with Crippen molar-refractivity contribution in [3.8, 4) is 11.3 Å². The Labute approximate surface area is 144 Å². The van der Waals surface area contributed by atoms with Gasteiger partial charge in [0, 0.05) is 23.3 Å². The molecule has 2 N–H and O–H groups in total. The number of carbonyl (C=O) groups excluding carboxylic acids is 2. The van der Waals surface area contributed by atoms with Gasteiger partial charge in [-0.2, -0.15) is 0 Å². The van der Waals surface area contributed by atoms with Crippen LogP contribution < -0.4 is 10.6 Å². The Morgan fingerprint density at radius 2 is 2.17 bits per heavy atom. The first-order valence-electron chi connectivity index (χ1n) is 7.51. The van der Waals surface area contributed by atoms with E-state index in [0.717, 1.165) is 11.3 Å². The molecule has 0 spiro atoms. The zero-order valence-corrected chi connectivity index (χ0v) is 14.6. The highest BCUT2D eigenvalue weighted by Crippen LogP contribution is 2.24. The van der Waals surface area contributed by atoms with Crippen molar-refractivity contribution in [3.63, 3.8) is 0 Å². The van der Waals surface area contributed by atoms with Crippen LogP contribution in [0.2, 0.25) is 0 Å². The molecule has 7 nitrogen and oxygen atoms in total. The van der Waals surface area contributed by atoms with Gasteiger partial charge in [0.1, 0.15) is 6.04 Å². The molecule has 2 heterocycles. The van der Waals surface area contributed by atoms with E-state index in [1.165, 1.54) is 18.4 Å². The number of alkyl carbamates (subject to hydrolysis) is 1. The molecule has 0 radical (unpaired) electrons. The van der Waals surface area contributed by atoms with E-state index in [1.807, 2.05) is 31.4 Å². The molecule has 2 aromatic heterocycles. The van der Waals surface area contributed by atoms with Crippen molar-refractivity contribution in [2.24, 2.45) is 5.92 Å². The second-order valence-electron chi connectivity index (χ2n) is 5.59. The summed E-state index contributed by atoms with van der Waals surface area (Å²) in [5.41, 5.74) is 1.62. The predicted molar refractivity (Wildman–Crippen MR) is 92.8 cm³/mol. The van der Waals surface area contributed by atoms with Crippen LogP contribution in [-0.4, -0.2) is 35.1 Å². The normalized spacial score (nSPS) is 11.8. The van der Waals surface area contributed by atoms with Crippen molar-refractivity contribution in [2.45, 2.75) is 26.3 Å². The van der Waals surface area contributed by atoms with E-state index in [9.17, 15) is 9.59 Å². The number of nitrogens with zero attached hydrogens (tertiary/aromatic N) is 2. The van der Waals surface area contributed by atoms with Crippen LogP contribution in [0, 0.1) is 5.92 Å². The van der Waals surface area contributed by atoms with Crippen LogP contribution in [0.3, 0.4) is 0 Å². The maximum Gasteiger partial charge on any atom is 0.407 e. The fourth-order valence-electron chi connectivity index (χ4n) is 2.07. The van der Waals surface area contributed by atoms with Gasteiger partial charge >= 0.3 is 6.09 Å². The van der Waals surface area contributed by atoms with Gasteiger partial charge in [-0.15, -0.1) is 11.3 Å². The summed E-state index contributed by atoms with van der Waals surface area (Å²) in [7, 11) is 1.26. The number of hydrogen-bond acceptors (Lipinski definition) is 6. The van der Waals surface area contributed by atoms with Crippen molar-refractivity contribution >= 4 is 28.5 Å². The summed E-state index contributed by atoms with van der Waals surface area (Å²) in [6.07, 6.45) is 3.27. The fraction of sp³-hybridized carbons (Fsp3) is 0.375. The fourth-order valence-corrected chi connectivity index (χ4v) is 2.80. The van der Waals surface area contributed by atoms with Gasteiger partial charge in [-0.3, -0.25) is 9.78 Å². The monoisotopic (exact) mass is 348 g/mol. The van der Waals surface area contributed by atoms with Gasteiger partial charge in [0.05, 0.1) is 12.8 Å². The Morgan fingerprint density at radius 1 is 1.38 bits per heavy atom. The Balaban J connectivity index is 2.06. The van der Waals surface area contributed by atoms with Gasteiger partial charge in [0.15, 0.2) is 5.13 Å². The van der Waals surface area contributed by atoms with E-state index in [0.29, 0.717) is 11.6 Å². The molecule has 0 aliphatic heterocycles. The lowest BCUT2D eigenvalue weighted by atomic mass is 10.0. The van der Waals surface area contributed by atoms with Crippen LogP contribution in [0.1, 0.15) is 20.3 Å². The summed E-state index contributed by atoms with van der Waals surface area (Å²) in [6.45, 7) is 3.95. The molecule has 2 amide bonds. The number of pyridine rings is 1. The Bertz CT molecular complexity index is 688. The predicted octanol–water partition coefficient (Wildman–Crippen LogP) is 2.91. The molecule has 0 bridgehead atoms. The highest BCUT2D eigenvalue weighted by atomic mass is 32.1. The average Bonchev–Trinajstić information content (AvgIpc) is 3.03. The van der Waals surface area contributed by atoms with Crippen LogP contribution in [0.4, 0.5) is 9.93 Å². The molecular weight excluding hydrogens is 328 g/mol. The summed E-state index contributed by atoms with van der Waals surface area (Å²) in [5, 5.41) is 7.61. The molecule has 2 aromatic rings. The second-order valence-corrected chi connectivity index (χ2v) is 6.45. The molecule has 0 unspecified atom stereocenters. The van der Waals surface area contributed by atoms with Gasteiger partial charge in [-0.05, 0) is 24.5 Å². The van der Waals surface area contributed by atoms with E-state index >= 15 is 0 Å². The van der Waals surface area contributed by atoms with Crippen LogP contribution in [0.15, 0.2) is 29.9 Å². The molecule has 8 heteroatoms. The first-order chi connectivity index (χ1) is 11.5. The standard InChI is InChI=1S/C16H20N4O3S/c1-10(2)7-12(19-16(22)23-3)14(21)20-15-18-13(9-24-15)11-5-4-6-17-8-11/h4-6,8-10,12H,7H2,1-3H3,(H,19,22)(H,18,20,21)/t12-/m1/s1. The Kier molecular flexibility index (Phi) is 6.25. The molecule has 24 heavy (non-hydrogen) atoms. The van der Waals surface area contributed by atoms with Gasteiger partial charge in [0.25, 0.3) is 0 Å². The molecule has 0 saturated carbocycles. The molecule has 0 aliphatic rings. The van der Waals surface area contributed by atoms with Gasteiger partial charge < -0.3 is 15.4 Å². The maximum absolute atomic E-state index is 12.4. The third-order valence-corrected chi connectivity index (χ3v) is 3.95. The highest BCUT2D eigenvalue weighted by molar-refractivity contribution is 7.14. The number of ether oxygens (including phenoxy) is 1. The Morgan fingerprint density at radius 3 is 2.79 bits per heavy atom. The minimum atomic E-state index is -0.678. The van der Waals surface area contributed by atoms with Crippen molar-refractivity contribution in [1.82, 2.24) is 15.3 Å². The SMILES string of the molecule is COC(=O)N[C@H](CC(C)C)C(=O)Nc1nc(-c2cccnc2)cs1. The quantitative estimate of drug-likeness (QED) is 0.837. The number of aromatic nitrogens is 2. The van der Waals surface area contributed by atoms with Crippen LogP contribution >= 0.6 is 11.3 Å². The van der Waals surface area contributed by atoms with E-state index in [4.69, 9.17) is 0 Å². The number of anilines is 1. The highest BCUT2D eigenvalue weighted by Gasteiger charge is 2.23. The largest absolute Gasteiger partial charge is 0.453 e. The van der Waals surface area contributed by atoms with E-state index in [1.54, 1.807) is 12.4 Å². The van der Waals surface area contributed by atoms with Crippen molar-refractivity contribution in [2.75, 3.05) is 12.4 Å². The summed E-state index contributed by atoms with van der Waals surface area (Å²) >= 11 is 1.32. The summed E-state index contributed by atoms with van der Waals surface area (Å²) in [4.78, 5) is 32.3. The van der Waals surface area contributed by atoms with E-state index < -0.39 is 12.1 Å². The van der Waals surface area contributed by atoms with Gasteiger partial charge in [-0.25, -0.2) is 9.78 Å².